The first-order valence-electron chi connectivity index (χ1n) is 34.4. The fraction of sp³-hybridized carbons (Fsp3) is 0.795. The molecule has 79 heavy (non-hydrogen) atoms. The van der Waals surface area contributed by atoms with Crippen LogP contribution in [0.3, 0.4) is 0 Å². The predicted molar refractivity (Wildman–Crippen MR) is 344 cm³/mol. The maximum Gasteiger partial charge on any atom is 0.306 e. The van der Waals surface area contributed by atoms with Crippen LogP contribution >= 0.6 is 0 Å². The van der Waals surface area contributed by atoms with E-state index in [-0.39, 0.29) is 31.1 Å². The van der Waals surface area contributed by atoms with Gasteiger partial charge < -0.3 is 14.2 Å². The van der Waals surface area contributed by atoms with Crippen molar-refractivity contribution in [3.8, 4) is 0 Å². The van der Waals surface area contributed by atoms with E-state index in [0.717, 1.165) is 89.9 Å². The van der Waals surface area contributed by atoms with Gasteiger partial charge in [-0.25, -0.2) is 0 Å². The molecule has 0 amide bonds. The summed E-state index contributed by atoms with van der Waals surface area (Å²) in [6.45, 7) is 6.56. The first-order valence-corrected chi connectivity index (χ1v) is 34.4. The van der Waals surface area contributed by atoms with Gasteiger partial charge in [-0.15, -0.1) is 0 Å². The molecule has 0 bridgehead atoms. The number of carbonyl (C=O) groups is 3. The fourth-order valence-electron chi connectivity index (χ4n) is 10.0. The molecule has 0 aliphatic rings. The number of ether oxygens (including phenoxy) is 3. The van der Waals surface area contributed by atoms with Gasteiger partial charge in [0.15, 0.2) is 6.10 Å². The van der Waals surface area contributed by atoms with Crippen molar-refractivity contribution in [2.45, 2.75) is 361 Å². The van der Waals surface area contributed by atoms with Gasteiger partial charge in [0.05, 0.1) is 0 Å². The molecule has 458 valence electrons. The standard InChI is InChI=1S/C73H130O6/c1-4-7-10-13-16-19-22-25-28-31-33-35-36-38-39-42-45-48-51-54-57-60-63-66-72(75)78-69-70(68-77-71(74)65-62-59-56-53-50-47-44-41-30-27-24-21-18-15-12-9-6-3)79-73(76)67-64-61-58-55-52-49-46-43-40-37-34-32-29-26-23-20-17-14-11-8-5-2/h9,12,18,21,23,26-27,30-34,70H,4-8,10-11,13-17,19-20,22,24-25,28-29,35-69H2,1-3H3/b12-9-,21-18-,26-23-,30-27-,33-31-,34-32-. The van der Waals surface area contributed by atoms with Crippen molar-refractivity contribution < 1.29 is 28.6 Å². The third-order valence-electron chi connectivity index (χ3n) is 15.2. The maximum atomic E-state index is 13.0. The SMILES string of the molecule is CC/C=C\C/C=C\C/C=C\CCCCCCCCCC(=O)OCC(COC(=O)CCCCCCCCCCCCC/C=C\CCCCCCCCCC)OC(=O)CCCCCCCCCCC/C=C\C/C=C\CCCCCCC. The average Bonchev–Trinajstić information content (AvgIpc) is 3.45. The lowest BCUT2D eigenvalue weighted by Crippen LogP contribution is -2.30. The van der Waals surface area contributed by atoms with Crippen LogP contribution in [0.4, 0.5) is 0 Å². The molecule has 0 aliphatic heterocycles. The lowest BCUT2D eigenvalue weighted by atomic mass is 10.0. The monoisotopic (exact) mass is 1100 g/mol. The van der Waals surface area contributed by atoms with Crippen molar-refractivity contribution in [1.82, 2.24) is 0 Å². The maximum absolute atomic E-state index is 13.0. The molecule has 0 N–H and O–H groups in total. The van der Waals surface area contributed by atoms with Gasteiger partial charge >= 0.3 is 17.9 Å². The zero-order valence-electron chi connectivity index (χ0n) is 52.6. The van der Waals surface area contributed by atoms with Crippen LogP contribution in [-0.4, -0.2) is 37.2 Å². The molecule has 0 fully saturated rings. The smallest absolute Gasteiger partial charge is 0.306 e. The molecule has 0 radical (unpaired) electrons. The minimum absolute atomic E-state index is 0.0787. The molecule has 6 nitrogen and oxygen atoms in total. The molecule has 1 atom stereocenters. The molecular formula is C73H130O6. The highest BCUT2D eigenvalue weighted by molar-refractivity contribution is 5.71. The van der Waals surface area contributed by atoms with Crippen molar-refractivity contribution in [1.29, 1.82) is 0 Å². The largest absolute Gasteiger partial charge is 0.462 e. The van der Waals surface area contributed by atoms with Crippen molar-refractivity contribution >= 4 is 17.9 Å². The Morgan fingerprint density at radius 2 is 0.494 bits per heavy atom. The summed E-state index contributed by atoms with van der Waals surface area (Å²) in [6.07, 6.45) is 87.7. The third kappa shape index (κ3) is 65.5. The second-order valence-electron chi connectivity index (χ2n) is 23.1. The molecule has 0 aromatic heterocycles. The summed E-state index contributed by atoms with van der Waals surface area (Å²) in [7, 11) is 0. The Hall–Kier alpha value is -3.15. The zero-order valence-corrected chi connectivity index (χ0v) is 52.6. The number of hydrogen-bond acceptors (Lipinski definition) is 6. The van der Waals surface area contributed by atoms with Crippen LogP contribution in [0.5, 0.6) is 0 Å². The molecule has 0 saturated carbocycles. The minimum Gasteiger partial charge on any atom is -0.462 e. The van der Waals surface area contributed by atoms with Crippen LogP contribution in [-0.2, 0) is 28.6 Å². The quantitative estimate of drug-likeness (QED) is 0.0261. The van der Waals surface area contributed by atoms with Gasteiger partial charge in [0.25, 0.3) is 0 Å². The first kappa shape index (κ1) is 75.8. The Morgan fingerprint density at radius 3 is 0.785 bits per heavy atom. The van der Waals surface area contributed by atoms with Crippen molar-refractivity contribution in [3.63, 3.8) is 0 Å². The van der Waals surface area contributed by atoms with Crippen LogP contribution in [0, 0.1) is 0 Å². The van der Waals surface area contributed by atoms with E-state index in [2.05, 4.69) is 93.7 Å². The zero-order chi connectivity index (χ0) is 57.1. The Kier molecular flexibility index (Phi) is 64.7. The molecule has 0 heterocycles. The van der Waals surface area contributed by atoms with E-state index in [0.29, 0.717) is 19.3 Å². The number of rotatable bonds is 63. The third-order valence-corrected chi connectivity index (χ3v) is 15.2. The first-order chi connectivity index (χ1) is 39.0. The lowest BCUT2D eigenvalue weighted by Gasteiger charge is -2.18. The Balaban J connectivity index is 4.35. The number of esters is 3. The molecule has 0 aromatic carbocycles. The van der Waals surface area contributed by atoms with Crippen LogP contribution in [0.15, 0.2) is 72.9 Å². The molecule has 0 aromatic rings. The summed E-state index contributed by atoms with van der Waals surface area (Å²) in [5.41, 5.74) is 0. The van der Waals surface area contributed by atoms with Gasteiger partial charge in [0.2, 0.25) is 0 Å². The van der Waals surface area contributed by atoms with Crippen LogP contribution in [0.25, 0.3) is 0 Å². The van der Waals surface area contributed by atoms with E-state index in [9.17, 15) is 14.4 Å². The Morgan fingerprint density at radius 1 is 0.266 bits per heavy atom. The normalized spacial score (nSPS) is 12.5. The van der Waals surface area contributed by atoms with E-state index in [1.807, 2.05) is 0 Å². The lowest BCUT2D eigenvalue weighted by molar-refractivity contribution is -0.167. The van der Waals surface area contributed by atoms with E-state index in [1.165, 1.54) is 225 Å². The van der Waals surface area contributed by atoms with Gasteiger partial charge in [0, 0.05) is 19.3 Å². The Bertz CT molecular complexity index is 1450. The van der Waals surface area contributed by atoms with Crippen molar-refractivity contribution in [2.24, 2.45) is 0 Å². The van der Waals surface area contributed by atoms with Crippen molar-refractivity contribution in [2.75, 3.05) is 13.2 Å². The molecule has 0 rings (SSSR count). The van der Waals surface area contributed by atoms with Gasteiger partial charge in [0.1, 0.15) is 13.2 Å². The van der Waals surface area contributed by atoms with E-state index < -0.39 is 6.10 Å². The van der Waals surface area contributed by atoms with Gasteiger partial charge in [-0.3, -0.25) is 14.4 Å². The van der Waals surface area contributed by atoms with Gasteiger partial charge in [-0.05, 0) is 109 Å². The predicted octanol–water partition coefficient (Wildman–Crippen LogP) is 23.7. The molecule has 0 aliphatic carbocycles. The average molecular weight is 1100 g/mol. The highest BCUT2D eigenvalue weighted by atomic mass is 16.6. The summed E-state index contributed by atoms with van der Waals surface area (Å²) in [5, 5.41) is 0. The molecule has 0 spiro atoms. The minimum atomic E-state index is -0.784. The molecule has 1 unspecified atom stereocenters. The summed E-state index contributed by atoms with van der Waals surface area (Å²) in [4.78, 5) is 38.4. The van der Waals surface area contributed by atoms with Crippen LogP contribution in [0.2, 0.25) is 0 Å². The highest BCUT2D eigenvalue weighted by Crippen LogP contribution is 2.17. The van der Waals surface area contributed by atoms with Crippen molar-refractivity contribution in [3.05, 3.63) is 72.9 Å². The molecule has 6 heteroatoms. The van der Waals surface area contributed by atoms with E-state index >= 15 is 0 Å². The van der Waals surface area contributed by atoms with Crippen LogP contribution < -0.4 is 0 Å². The van der Waals surface area contributed by atoms with Gasteiger partial charge in [-0.2, -0.15) is 0 Å². The molecular weight excluding hydrogens is 973 g/mol. The summed E-state index contributed by atoms with van der Waals surface area (Å²) in [6, 6.07) is 0. The molecule has 0 saturated heterocycles. The second-order valence-corrected chi connectivity index (χ2v) is 23.1. The number of allylic oxidation sites excluding steroid dienone is 12. The number of unbranched alkanes of at least 4 members (excludes halogenated alkanes) is 40. The summed E-state index contributed by atoms with van der Waals surface area (Å²) >= 11 is 0. The second kappa shape index (κ2) is 67.4. The topological polar surface area (TPSA) is 78.9 Å². The highest BCUT2D eigenvalue weighted by Gasteiger charge is 2.19. The Labute approximate surface area is 491 Å². The number of carbonyl (C=O) groups excluding carboxylic acids is 3. The summed E-state index contributed by atoms with van der Waals surface area (Å²) < 4.78 is 17.0. The van der Waals surface area contributed by atoms with E-state index in [1.54, 1.807) is 0 Å². The van der Waals surface area contributed by atoms with Gasteiger partial charge in [-0.1, -0.05) is 299 Å². The fourth-order valence-corrected chi connectivity index (χ4v) is 10.0. The van der Waals surface area contributed by atoms with E-state index in [4.69, 9.17) is 14.2 Å². The van der Waals surface area contributed by atoms with Crippen LogP contribution in [0.1, 0.15) is 355 Å². The summed E-state index contributed by atoms with van der Waals surface area (Å²) in [5.74, 6) is -0.875. The number of hydrogen-bond donors (Lipinski definition) is 0.